The Labute approximate surface area is 136 Å². The molecule has 0 aliphatic heterocycles. The predicted octanol–water partition coefficient (Wildman–Crippen LogP) is 5.43. The molecule has 0 atom stereocenters. The van der Waals surface area contributed by atoms with Crippen LogP contribution in [0.2, 0.25) is 4.05 Å². The normalized spacial score (nSPS) is 11.5. The highest BCUT2D eigenvalue weighted by atomic mass is 24.5. The zero-order valence-electron chi connectivity index (χ0n) is 14.7. The lowest BCUT2D eigenvalue weighted by molar-refractivity contribution is 0.745. The van der Waals surface area contributed by atoms with Crippen LogP contribution in [0.5, 0.6) is 0 Å². The van der Waals surface area contributed by atoms with Gasteiger partial charge >= 0.3 is 20.4 Å². The van der Waals surface area contributed by atoms with Crippen LogP contribution < -0.4 is 3.69 Å². The molecule has 0 spiro atoms. The fraction of sp³-hybridized carbons (Fsp3) is 0.684. The smallest absolute Gasteiger partial charge is 0.170 e. The van der Waals surface area contributed by atoms with Gasteiger partial charge in [-0.25, -0.2) is 0 Å². The fourth-order valence-corrected chi connectivity index (χ4v) is 5.25. The number of unbranched alkanes of at least 4 members (excludes halogenated alkanes) is 1. The lowest BCUT2D eigenvalue weighted by Gasteiger charge is -2.25. The van der Waals surface area contributed by atoms with Gasteiger partial charge in [-0.1, -0.05) is 72.6 Å². The van der Waals surface area contributed by atoms with Crippen molar-refractivity contribution in [2.75, 3.05) is 0 Å². The van der Waals surface area contributed by atoms with Gasteiger partial charge in [0.2, 0.25) is 0 Å². The molecule has 0 bridgehead atoms. The van der Waals surface area contributed by atoms with Gasteiger partial charge in [0.25, 0.3) is 0 Å². The Hall–Kier alpha value is -0.0138. The van der Waals surface area contributed by atoms with E-state index in [0.29, 0.717) is 11.8 Å². The molecule has 1 aromatic carbocycles. The van der Waals surface area contributed by atoms with E-state index in [1.807, 2.05) is 0 Å². The Kier molecular flexibility index (Phi) is 7.61. The molecule has 0 fully saturated rings. The summed E-state index contributed by atoms with van der Waals surface area (Å²) < 4.78 is 2.59. The summed E-state index contributed by atoms with van der Waals surface area (Å²) >= 11 is -0.137. The average Bonchev–Trinajstić information content (AvgIpc) is 2.35. The van der Waals surface area contributed by atoms with Crippen molar-refractivity contribution in [2.45, 2.75) is 83.6 Å². The Balaban J connectivity index is 3.33. The first-order valence-electron chi connectivity index (χ1n) is 8.52. The molecule has 0 amide bonds. The van der Waals surface area contributed by atoms with E-state index < -0.39 is 0 Å². The summed E-state index contributed by atoms with van der Waals surface area (Å²) in [5.41, 5.74) is 5.00. The first-order valence-corrected chi connectivity index (χ1v) is 10.0. The Morgan fingerprint density at radius 1 is 0.900 bits per heavy atom. The summed E-state index contributed by atoms with van der Waals surface area (Å²) in [4.78, 5) is 0. The summed E-state index contributed by atoms with van der Waals surface area (Å²) in [6.07, 6.45) is 3.86. The monoisotopic (exact) mass is 284 g/mol. The van der Waals surface area contributed by atoms with Crippen molar-refractivity contribution in [3.05, 3.63) is 28.8 Å². The van der Waals surface area contributed by atoms with Gasteiger partial charge in [-0.2, -0.15) is 3.69 Å². The second-order valence-corrected chi connectivity index (χ2v) is 10.0. The van der Waals surface area contributed by atoms with Crippen molar-refractivity contribution in [3.63, 3.8) is 0 Å². The zero-order valence-corrected chi connectivity index (χ0v) is 16.1. The van der Waals surface area contributed by atoms with E-state index in [1.54, 1.807) is 20.4 Å². The number of benzene rings is 1. The lowest BCUT2D eigenvalue weighted by atomic mass is 9.85. The molecule has 0 unspecified atom stereocenters. The van der Waals surface area contributed by atoms with Gasteiger partial charge in [0.05, 0.1) is 0 Å². The Morgan fingerprint density at radius 2 is 1.50 bits per heavy atom. The molecule has 0 radical (unpaired) electrons. The first kappa shape index (κ1) is 18.0. The van der Waals surface area contributed by atoms with Crippen molar-refractivity contribution in [3.8, 4) is 0 Å². The van der Waals surface area contributed by atoms with E-state index in [-0.39, 0.29) is 20.4 Å². The van der Waals surface area contributed by atoms with Crippen molar-refractivity contribution in [1.29, 1.82) is 0 Å². The summed E-state index contributed by atoms with van der Waals surface area (Å²) in [6, 6.07) is 4.92. The predicted molar refractivity (Wildman–Crippen MR) is 93.7 cm³/mol. The van der Waals surface area contributed by atoms with Crippen LogP contribution in [0, 0.1) is 0 Å². The number of aryl methyl sites for hydroxylation is 1. The van der Waals surface area contributed by atoms with Crippen LogP contribution in [0.1, 0.15) is 89.8 Å². The van der Waals surface area contributed by atoms with Crippen molar-refractivity contribution >= 4 is 24.1 Å². The van der Waals surface area contributed by atoms with Crippen LogP contribution in [0.3, 0.4) is 0 Å². The van der Waals surface area contributed by atoms with Crippen LogP contribution in [-0.2, 0) is 6.42 Å². The highest BCUT2D eigenvalue weighted by molar-refractivity contribution is 6.55. The molecule has 0 aliphatic rings. The lowest BCUT2D eigenvalue weighted by Crippen LogP contribution is -2.25. The van der Waals surface area contributed by atoms with E-state index in [0.717, 1.165) is 4.05 Å². The van der Waals surface area contributed by atoms with Crippen LogP contribution in [0.4, 0.5) is 0 Å². The minimum absolute atomic E-state index is 0.137. The highest BCUT2D eigenvalue weighted by Crippen LogP contribution is 2.29. The van der Waals surface area contributed by atoms with E-state index in [1.165, 1.54) is 19.3 Å². The molecule has 1 aromatic rings. The van der Waals surface area contributed by atoms with E-state index in [2.05, 4.69) is 60.6 Å². The molecule has 110 valence electrons. The summed E-state index contributed by atoms with van der Waals surface area (Å²) in [5.74, 6) is 1.32. The van der Waals surface area contributed by atoms with Crippen LogP contribution >= 0.6 is 0 Å². The van der Waals surface area contributed by atoms with Crippen LogP contribution in [0.15, 0.2) is 12.1 Å². The molecule has 0 saturated carbocycles. The second kappa shape index (κ2) is 8.43. The first-order chi connectivity index (χ1) is 9.38. The molecule has 0 N–H and O–H groups in total. The largest absolute Gasteiger partial charge is 0.412 e. The molecule has 0 nitrogen and oxygen atoms in total. The van der Waals surface area contributed by atoms with E-state index in [9.17, 15) is 0 Å². The molecular weight excluding hydrogens is 253 g/mol. The molecule has 1 rings (SSSR count). The molecular formula is C19H32Mg. The highest BCUT2D eigenvalue weighted by Gasteiger charge is 2.19. The van der Waals surface area contributed by atoms with Gasteiger partial charge in [-0.15, -0.1) is 4.05 Å². The van der Waals surface area contributed by atoms with E-state index >= 15 is 0 Å². The molecule has 0 heterocycles. The Morgan fingerprint density at radius 3 is 1.95 bits per heavy atom. The summed E-state index contributed by atoms with van der Waals surface area (Å²) in [7, 11) is 0. The second-order valence-electron chi connectivity index (χ2n) is 7.22. The Bertz CT molecular complexity index is 416. The van der Waals surface area contributed by atoms with Gasteiger partial charge in [-0.05, 0) is 35.8 Å². The van der Waals surface area contributed by atoms with E-state index in [4.69, 9.17) is 0 Å². The SMILES string of the molecule is CCCCc1cc[c]([Mg][CH](C)C)c(C(C)C)c1C(C)C. The third-order valence-corrected chi connectivity index (χ3v) is 5.92. The molecule has 20 heavy (non-hydrogen) atoms. The average molecular weight is 285 g/mol. The third-order valence-electron chi connectivity index (χ3n) is 4.05. The minimum atomic E-state index is -0.137. The number of hydrogen-bond acceptors (Lipinski definition) is 0. The van der Waals surface area contributed by atoms with Gasteiger partial charge in [0.15, 0.2) is 0 Å². The van der Waals surface area contributed by atoms with Crippen LogP contribution in [-0.4, -0.2) is 20.4 Å². The summed E-state index contributed by atoms with van der Waals surface area (Å²) in [6.45, 7) is 16.6. The zero-order chi connectivity index (χ0) is 15.3. The summed E-state index contributed by atoms with van der Waals surface area (Å²) in [5, 5.41) is 0. The quantitative estimate of drug-likeness (QED) is 0.585. The maximum atomic E-state index is 2.47. The van der Waals surface area contributed by atoms with Gasteiger partial charge in [-0.3, -0.25) is 0 Å². The van der Waals surface area contributed by atoms with Crippen LogP contribution in [0.25, 0.3) is 0 Å². The van der Waals surface area contributed by atoms with Crippen molar-refractivity contribution < 1.29 is 0 Å². The van der Waals surface area contributed by atoms with Gasteiger partial charge < -0.3 is 0 Å². The molecule has 0 saturated heterocycles. The topological polar surface area (TPSA) is 0 Å². The maximum Gasteiger partial charge on any atom is 0.412 e. The van der Waals surface area contributed by atoms with Crippen molar-refractivity contribution in [1.82, 2.24) is 0 Å². The third kappa shape index (κ3) is 4.77. The van der Waals surface area contributed by atoms with Crippen molar-refractivity contribution in [2.24, 2.45) is 0 Å². The number of hydrogen-bond donors (Lipinski definition) is 0. The standard InChI is InChI=1S/C16H25.C3H7.Mg/c1-6-7-9-14-10-8-11-15(12(2)3)16(14)13(4)5;1-3-2;/h8,10,12-13H,6-7,9H2,1-5H3;3H,1-2H3;. The maximum absolute atomic E-state index is 2.47. The molecule has 1 heteroatoms. The number of rotatable bonds is 7. The fourth-order valence-electron chi connectivity index (χ4n) is 3.29. The molecule has 0 aromatic heterocycles. The van der Waals surface area contributed by atoms with Gasteiger partial charge in [0, 0.05) is 0 Å². The minimum Gasteiger partial charge on any atom is -0.170 e. The van der Waals surface area contributed by atoms with Gasteiger partial charge in [0.1, 0.15) is 0 Å². The molecule has 0 aliphatic carbocycles.